The number of rotatable bonds is 7. The number of carbonyl (C=O) groups excluding carboxylic acids is 2. The Morgan fingerprint density at radius 3 is 2.22 bits per heavy atom. The number of fused-ring (bicyclic) bond motifs is 3. The molecule has 0 saturated heterocycles. The van der Waals surface area contributed by atoms with Crippen molar-refractivity contribution in [2.24, 2.45) is 5.92 Å². The zero-order valence-electron chi connectivity index (χ0n) is 17.4. The second kappa shape index (κ2) is 9.15. The van der Waals surface area contributed by atoms with E-state index >= 15 is 0 Å². The number of nitrogens with one attached hydrogen (secondary N) is 2. The van der Waals surface area contributed by atoms with Gasteiger partial charge in [-0.05, 0) is 35.1 Å². The minimum absolute atomic E-state index is 0.00507. The third-order valence-corrected chi connectivity index (χ3v) is 6.11. The van der Waals surface area contributed by atoms with E-state index in [-0.39, 0.29) is 25.0 Å². The molecule has 0 aliphatic heterocycles. The van der Waals surface area contributed by atoms with Crippen LogP contribution in [0.15, 0.2) is 48.5 Å². The topological polar surface area (TPSA) is 105 Å². The van der Waals surface area contributed by atoms with Gasteiger partial charge in [-0.15, -0.1) is 12.3 Å². The van der Waals surface area contributed by atoms with Crippen molar-refractivity contribution in [3.05, 3.63) is 59.7 Å². The average molecular weight is 432 g/mol. The van der Waals surface area contributed by atoms with Crippen LogP contribution in [0.5, 0.6) is 0 Å². The number of hydrogen-bond donors (Lipinski definition) is 3. The number of hydrogen-bond acceptors (Lipinski definition) is 4. The number of ether oxygens (including phenoxy) is 1. The van der Waals surface area contributed by atoms with Crippen LogP contribution < -0.4 is 10.6 Å². The summed E-state index contributed by atoms with van der Waals surface area (Å²) in [6, 6.07) is 14.9. The maximum absolute atomic E-state index is 12.5. The molecule has 0 radical (unpaired) electrons. The fraction of sp³-hybridized carbons (Fsp3) is 0.320. The summed E-state index contributed by atoms with van der Waals surface area (Å²) in [6.07, 6.45) is 5.38. The fourth-order valence-electron chi connectivity index (χ4n) is 4.35. The highest BCUT2D eigenvalue weighted by Gasteiger charge is 2.36. The molecule has 1 fully saturated rings. The van der Waals surface area contributed by atoms with E-state index in [4.69, 9.17) is 16.3 Å². The standard InChI is InChI=1S/C25H24N2O5/c1-2-7-22(23(28)26-16-12-15(13-16)24(29)30)27-25(31)32-14-21-19-10-5-3-8-17(19)18-9-4-6-11-20(18)21/h1,3-6,8-11,15-16,21-22H,7,12-14H2,(H,26,28)(H,27,31)(H,29,30). The van der Waals surface area contributed by atoms with Crippen LogP contribution >= 0.6 is 0 Å². The second-order valence-electron chi connectivity index (χ2n) is 8.14. The molecule has 2 aromatic carbocycles. The lowest BCUT2D eigenvalue weighted by Gasteiger charge is -2.33. The van der Waals surface area contributed by atoms with Gasteiger partial charge in [-0.3, -0.25) is 9.59 Å². The summed E-state index contributed by atoms with van der Waals surface area (Å²) >= 11 is 0. The van der Waals surface area contributed by atoms with Crippen molar-refractivity contribution in [2.75, 3.05) is 6.61 Å². The van der Waals surface area contributed by atoms with E-state index < -0.39 is 29.9 Å². The number of carboxylic acids is 1. The Morgan fingerprint density at radius 1 is 1.06 bits per heavy atom. The number of carbonyl (C=O) groups is 3. The van der Waals surface area contributed by atoms with E-state index in [9.17, 15) is 14.4 Å². The van der Waals surface area contributed by atoms with E-state index in [1.165, 1.54) is 0 Å². The summed E-state index contributed by atoms with van der Waals surface area (Å²) in [7, 11) is 0. The fourth-order valence-corrected chi connectivity index (χ4v) is 4.35. The summed E-state index contributed by atoms with van der Waals surface area (Å²) in [5.74, 6) is 0.551. The number of aliphatic carboxylic acids is 1. The molecule has 32 heavy (non-hydrogen) atoms. The van der Waals surface area contributed by atoms with Crippen LogP contribution in [0.1, 0.15) is 36.3 Å². The van der Waals surface area contributed by atoms with Gasteiger partial charge in [0.2, 0.25) is 5.91 Å². The second-order valence-corrected chi connectivity index (χ2v) is 8.14. The minimum Gasteiger partial charge on any atom is -0.481 e. The summed E-state index contributed by atoms with van der Waals surface area (Å²) < 4.78 is 5.48. The lowest BCUT2D eigenvalue weighted by molar-refractivity contribution is -0.146. The average Bonchev–Trinajstić information content (AvgIpc) is 3.07. The monoisotopic (exact) mass is 432 g/mol. The third-order valence-electron chi connectivity index (χ3n) is 6.11. The van der Waals surface area contributed by atoms with Crippen LogP contribution in [0, 0.1) is 18.3 Å². The molecule has 4 rings (SSSR count). The molecule has 164 valence electrons. The first-order valence-electron chi connectivity index (χ1n) is 10.6. The molecule has 1 saturated carbocycles. The van der Waals surface area contributed by atoms with Crippen molar-refractivity contribution in [2.45, 2.75) is 37.3 Å². The molecular weight excluding hydrogens is 408 g/mol. The molecule has 7 nitrogen and oxygen atoms in total. The highest BCUT2D eigenvalue weighted by molar-refractivity contribution is 5.86. The number of alkyl carbamates (subject to hydrolysis) is 1. The number of carboxylic acid groups (broad SMARTS) is 1. The van der Waals surface area contributed by atoms with Crippen LogP contribution in [-0.2, 0) is 14.3 Å². The molecule has 2 amide bonds. The molecule has 7 heteroatoms. The third kappa shape index (κ3) is 4.30. The Balaban J connectivity index is 1.35. The van der Waals surface area contributed by atoms with E-state index in [1.54, 1.807) is 0 Å². The minimum atomic E-state index is -0.945. The summed E-state index contributed by atoms with van der Waals surface area (Å²) in [5.41, 5.74) is 4.44. The van der Waals surface area contributed by atoms with Crippen molar-refractivity contribution >= 4 is 18.0 Å². The van der Waals surface area contributed by atoms with Gasteiger partial charge < -0.3 is 20.5 Å². The zero-order valence-corrected chi connectivity index (χ0v) is 17.4. The lowest BCUT2D eigenvalue weighted by Crippen LogP contribution is -2.53. The van der Waals surface area contributed by atoms with Gasteiger partial charge in [0.25, 0.3) is 0 Å². The van der Waals surface area contributed by atoms with Crippen LogP contribution in [-0.4, -0.2) is 41.8 Å². The summed E-state index contributed by atoms with van der Waals surface area (Å²) in [6.45, 7) is 0.132. The number of amides is 2. The van der Waals surface area contributed by atoms with Crippen LogP contribution in [0.3, 0.4) is 0 Å². The van der Waals surface area contributed by atoms with Crippen LogP contribution in [0.2, 0.25) is 0 Å². The van der Waals surface area contributed by atoms with Gasteiger partial charge in [0.1, 0.15) is 12.6 Å². The molecule has 0 heterocycles. The maximum atomic E-state index is 12.5. The van der Waals surface area contributed by atoms with Crippen molar-refractivity contribution in [3.8, 4) is 23.5 Å². The predicted octanol–water partition coefficient (Wildman–Crippen LogP) is 2.90. The highest BCUT2D eigenvalue weighted by Crippen LogP contribution is 2.44. The van der Waals surface area contributed by atoms with Gasteiger partial charge >= 0.3 is 12.1 Å². The Labute approximate surface area is 186 Å². The van der Waals surface area contributed by atoms with Gasteiger partial charge in [-0.2, -0.15) is 0 Å². The summed E-state index contributed by atoms with van der Waals surface area (Å²) in [5, 5.41) is 14.2. The maximum Gasteiger partial charge on any atom is 0.407 e. The van der Waals surface area contributed by atoms with E-state index in [1.807, 2.05) is 36.4 Å². The number of benzene rings is 2. The molecule has 3 N–H and O–H groups in total. The smallest absolute Gasteiger partial charge is 0.407 e. The molecule has 0 aromatic heterocycles. The SMILES string of the molecule is C#CCC(NC(=O)OCC1c2ccccc2-c2ccccc21)C(=O)NC1CC(C(=O)O)C1. The first kappa shape index (κ1) is 21.4. The molecule has 2 aromatic rings. The van der Waals surface area contributed by atoms with E-state index in [0.717, 1.165) is 22.3 Å². The van der Waals surface area contributed by atoms with Crippen molar-refractivity contribution in [3.63, 3.8) is 0 Å². The van der Waals surface area contributed by atoms with Gasteiger partial charge in [-0.25, -0.2) is 4.79 Å². The largest absolute Gasteiger partial charge is 0.481 e. The van der Waals surface area contributed by atoms with Crippen molar-refractivity contribution < 1.29 is 24.2 Å². The Bertz CT molecular complexity index is 1040. The van der Waals surface area contributed by atoms with Crippen molar-refractivity contribution in [1.82, 2.24) is 10.6 Å². The first-order valence-corrected chi connectivity index (χ1v) is 10.6. The quantitative estimate of drug-likeness (QED) is 0.584. The predicted molar refractivity (Wildman–Crippen MR) is 118 cm³/mol. The molecule has 1 atom stereocenters. The van der Waals surface area contributed by atoms with Crippen LogP contribution in [0.4, 0.5) is 4.79 Å². The Kier molecular flexibility index (Phi) is 6.13. The van der Waals surface area contributed by atoms with E-state index in [0.29, 0.717) is 12.8 Å². The summed E-state index contributed by atoms with van der Waals surface area (Å²) in [4.78, 5) is 35.9. The molecule has 1 unspecified atom stereocenters. The Morgan fingerprint density at radius 2 is 1.66 bits per heavy atom. The highest BCUT2D eigenvalue weighted by atomic mass is 16.5. The van der Waals surface area contributed by atoms with Gasteiger partial charge in [0.05, 0.1) is 5.92 Å². The normalized spacial score (nSPS) is 19.5. The number of terminal acetylenes is 1. The van der Waals surface area contributed by atoms with Gasteiger partial charge in [0.15, 0.2) is 0 Å². The molecule has 2 aliphatic rings. The first-order chi connectivity index (χ1) is 15.5. The van der Waals surface area contributed by atoms with E-state index in [2.05, 4.69) is 28.7 Å². The van der Waals surface area contributed by atoms with Gasteiger partial charge in [-0.1, -0.05) is 48.5 Å². The lowest BCUT2D eigenvalue weighted by atomic mass is 9.80. The molecular formula is C25H24N2O5. The van der Waals surface area contributed by atoms with Crippen LogP contribution in [0.25, 0.3) is 11.1 Å². The molecule has 2 aliphatic carbocycles. The Hall–Kier alpha value is -3.79. The van der Waals surface area contributed by atoms with Crippen molar-refractivity contribution in [1.29, 1.82) is 0 Å². The van der Waals surface area contributed by atoms with Gasteiger partial charge in [0, 0.05) is 18.4 Å². The zero-order chi connectivity index (χ0) is 22.7. The molecule has 0 bridgehead atoms. The molecule has 0 spiro atoms.